The summed E-state index contributed by atoms with van der Waals surface area (Å²) in [6.45, 7) is 6.73. The number of allylic oxidation sites excluding steroid dienone is 2. The van der Waals surface area contributed by atoms with Crippen LogP contribution in [0.15, 0.2) is 69.8 Å². The lowest BCUT2D eigenvalue weighted by Gasteiger charge is -2.38. The molecule has 39 heavy (non-hydrogen) atoms. The van der Waals surface area contributed by atoms with Crippen molar-refractivity contribution in [1.29, 1.82) is 0 Å². The molecule has 2 aromatic carbocycles. The fourth-order valence-electron chi connectivity index (χ4n) is 5.33. The Labute approximate surface area is 233 Å². The standard InChI is InChI=1S/C31H35N3O4S/c1-5-6-14-39-30-33-28-27(29(36)34-30)25(26-21(32-28)16-31(2,3)17-22(26)35)20-12-13-23(24(15-20)37-4)38-18-19-10-8-7-9-11-19/h7-13,15,25H,5-6,14,16-18H2,1-4H3,(H2,32,33,34,36). The number of aromatic nitrogens is 2. The quantitative estimate of drug-likeness (QED) is 0.181. The number of nitrogens with zero attached hydrogens (tertiary/aromatic N) is 1. The summed E-state index contributed by atoms with van der Waals surface area (Å²) in [7, 11) is 1.60. The van der Waals surface area contributed by atoms with Gasteiger partial charge < -0.3 is 19.8 Å². The number of H-pyrrole nitrogens is 1. The third-order valence-corrected chi connectivity index (χ3v) is 8.15. The molecule has 8 heteroatoms. The van der Waals surface area contributed by atoms with Crippen molar-refractivity contribution in [3.63, 3.8) is 0 Å². The summed E-state index contributed by atoms with van der Waals surface area (Å²) in [5.41, 5.74) is 3.37. The molecule has 3 aromatic rings. The van der Waals surface area contributed by atoms with Gasteiger partial charge in [-0.25, -0.2) is 4.98 Å². The number of Topliss-reactive ketones (excluding diaryl/α,β-unsaturated/α-hetero) is 1. The Kier molecular flexibility index (Phi) is 7.84. The second-order valence-electron chi connectivity index (χ2n) is 10.9. The molecule has 7 nitrogen and oxygen atoms in total. The number of nitrogens with one attached hydrogen (secondary N) is 2. The van der Waals surface area contributed by atoms with Gasteiger partial charge in [-0.15, -0.1) is 0 Å². The molecule has 2 N–H and O–H groups in total. The number of hydrogen-bond acceptors (Lipinski definition) is 7. The molecule has 204 valence electrons. The molecular weight excluding hydrogens is 510 g/mol. The van der Waals surface area contributed by atoms with Gasteiger partial charge in [-0.3, -0.25) is 9.59 Å². The number of carbonyl (C=O) groups is 1. The topological polar surface area (TPSA) is 93.3 Å². The van der Waals surface area contributed by atoms with E-state index in [0.717, 1.165) is 35.4 Å². The van der Waals surface area contributed by atoms with Gasteiger partial charge in [-0.05, 0) is 41.5 Å². The van der Waals surface area contributed by atoms with Gasteiger partial charge in [-0.2, -0.15) is 0 Å². The first-order valence-electron chi connectivity index (χ1n) is 13.4. The number of anilines is 1. The van der Waals surface area contributed by atoms with Crippen LogP contribution < -0.4 is 20.3 Å². The van der Waals surface area contributed by atoms with Crippen LogP contribution in [0.1, 0.15) is 69.1 Å². The zero-order chi connectivity index (χ0) is 27.6. The number of methoxy groups -OCH3 is 1. The first-order valence-corrected chi connectivity index (χ1v) is 14.4. The highest BCUT2D eigenvalue weighted by atomic mass is 32.2. The zero-order valence-electron chi connectivity index (χ0n) is 22.9. The van der Waals surface area contributed by atoms with Crippen molar-refractivity contribution in [2.45, 2.75) is 64.1 Å². The molecule has 2 aliphatic rings. The van der Waals surface area contributed by atoms with Crippen LogP contribution in [0, 0.1) is 5.41 Å². The van der Waals surface area contributed by atoms with E-state index < -0.39 is 5.92 Å². The van der Waals surface area contributed by atoms with E-state index >= 15 is 0 Å². The summed E-state index contributed by atoms with van der Waals surface area (Å²) in [5, 5.41) is 3.98. The lowest BCUT2D eigenvalue weighted by Crippen LogP contribution is -2.37. The fraction of sp³-hybridized carbons (Fsp3) is 0.387. The summed E-state index contributed by atoms with van der Waals surface area (Å²) in [5.74, 6) is 2.04. The van der Waals surface area contributed by atoms with Gasteiger partial charge in [0.25, 0.3) is 5.56 Å². The summed E-state index contributed by atoms with van der Waals surface area (Å²) >= 11 is 1.54. The second kappa shape index (κ2) is 11.3. The van der Waals surface area contributed by atoms with Crippen molar-refractivity contribution in [3.05, 3.63) is 86.8 Å². The van der Waals surface area contributed by atoms with Crippen LogP contribution in [0.3, 0.4) is 0 Å². The number of hydrogen-bond donors (Lipinski definition) is 2. The summed E-state index contributed by atoms with van der Waals surface area (Å²) < 4.78 is 11.8. The van der Waals surface area contributed by atoms with E-state index in [4.69, 9.17) is 14.5 Å². The molecular formula is C31H35N3O4S. The van der Waals surface area contributed by atoms with Gasteiger partial charge in [0.1, 0.15) is 12.4 Å². The monoisotopic (exact) mass is 545 g/mol. The van der Waals surface area contributed by atoms with Crippen LogP contribution in [-0.2, 0) is 11.4 Å². The van der Waals surface area contributed by atoms with E-state index in [1.807, 2.05) is 48.5 Å². The maximum atomic E-state index is 13.6. The van der Waals surface area contributed by atoms with Gasteiger partial charge in [0, 0.05) is 29.4 Å². The van der Waals surface area contributed by atoms with Crippen LogP contribution in [-0.4, -0.2) is 28.6 Å². The number of ketones is 1. The number of carbonyl (C=O) groups excluding carboxylic acids is 1. The molecule has 0 amide bonds. The van der Waals surface area contributed by atoms with Gasteiger partial charge in [0.2, 0.25) is 0 Å². The molecule has 1 aliphatic heterocycles. The Balaban J connectivity index is 1.56. The van der Waals surface area contributed by atoms with E-state index in [-0.39, 0.29) is 16.8 Å². The molecule has 1 aliphatic carbocycles. The van der Waals surface area contributed by atoms with Crippen LogP contribution >= 0.6 is 11.8 Å². The van der Waals surface area contributed by atoms with Crippen molar-refractivity contribution in [3.8, 4) is 11.5 Å². The molecule has 5 rings (SSSR count). The minimum absolute atomic E-state index is 0.0496. The average molecular weight is 546 g/mol. The number of thioether (sulfide) groups is 1. The highest BCUT2D eigenvalue weighted by Gasteiger charge is 2.42. The Morgan fingerprint density at radius 2 is 1.87 bits per heavy atom. The number of unbranched alkanes of at least 4 members (excludes halogenated alkanes) is 1. The van der Waals surface area contributed by atoms with Crippen LogP contribution in [0.25, 0.3) is 0 Å². The van der Waals surface area contributed by atoms with Crippen LogP contribution in [0.5, 0.6) is 11.5 Å². The van der Waals surface area contributed by atoms with Crippen molar-refractivity contribution in [1.82, 2.24) is 9.97 Å². The number of benzene rings is 2. The van der Waals surface area contributed by atoms with Crippen molar-refractivity contribution >= 4 is 23.4 Å². The normalized spacial score (nSPS) is 17.7. The van der Waals surface area contributed by atoms with Crippen molar-refractivity contribution in [2.75, 3.05) is 18.2 Å². The van der Waals surface area contributed by atoms with Gasteiger partial charge >= 0.3 is 0 Å². The predicted molar refractivity (Wildman–Crippen MR) is 155 cm³/mol. The smallest absolute Gasteiger partial charge is 0.257 e. The molecule has 2 heterocycles. The second-order valence-corrected chi connectivity index (χ2v) is 12.0. The highest BCUT2D eigenvalue weighted by molar-refractivity contribution is 7.99. The average Bonchev–Trinajstić information content (AvgIpc) is 2.90. The molecule has 0 saturated heterocycles. The molecule has 1 unspecified atom stereocenters. The van der Waals surface area contributed by atoms with Crippen molar-refractivity contribution in [2.24, 2.45) is 5.41 Å². The SMILES string of the molecule is CCCCSc1nc2c(c(=O)[nH]1)C(c1ccc(OCc3ccccc3)c(OC)c1)C1=C(CC(C)(C)CC1=O)N2. The van der Waals surface area contributed by atoms with Gasteiger partial charge in [0.05, 0.1) is 12.7 Å². The summed E-state index contributed by atoms with van der Waals surface area (Å²) in [6, 6.07) is 15.6. The maximum Gasteiger partial charge on any atom is 0.257 e. The fourth-order valence-corrected chi connectivity index (χ4v) is 6.27. The highest BCUT2D eigenvalue weighted by Crippen LogP contribution is 2.48. The van der Waals surface area contributed by atoms with E-state index in [0.29, 0.717) is 53.1 Å². The van der Waals surface area contributed by atoms with Gasteiger partial charge in [-0.1, -0.05) is 75.4 Å². The van der Waals surface area contributed by atoms with E-state index in [1.54, 1.807) is 18.9 Å². The molecule has 0 radical (unpaired) electrons. The third kappa shape index (κ3) is 5.76. The minimum Gasteiger partial charge on any atom is -0.493 e. The molecule has 0 fully saturated rings. The Morgan fingerprint density at radius 1 is 1.08 bits per heavy atom. The Morgan fingerprint density at radius 3 is 2.62 bits per heavy atom. The van der Waals surface area contributed by atoms with Crippen molar-refractivity contribution < 1.29 is 14.3 Å². The summed E-state index contributed by atoms with van der Waals surface area (Å²) in [4.78, 5) is 34.9. The summed E-state index contributed by atoms with van der Waals surface area (Å²) in [6.07, 6.45) is 3.23. The zero-order valence-corrected chi connectivity index (χ0v) is 23.7. The predicted octanol–water partition coefficient (Wildman–Crippen LogP) is 6.45. The minimum atomic E-state index is -0.553. The molecule has 1 aromatic heterocycles. The molecule has 0 saturated carbocycles. The largest absolute Gasteiger partial charge is 0.493 e. The Hall–Kier alpha value is -3.52. The number of fused-ring (bicyclic) bond motifs is 1. The lowest BCUT2D eigenvalue weighted by molar-refractivity contribution is -0.118. The third-order valence-electron chi connectivity index (χ3n) is 7.20. The lowest BCUT2D eigenvalue weighted by atomic mass is 9.69. The van der Waals surface area contributed by atoms with Gasteiger partial charge in [0.15, 0.2) is 22.4 Å². The Bertz CT molecular complexity index is 1460. The first-order chi connectivity index (χ1) is 18.8. The number of aromatic amines is 1. The first kappa shape index (κ1) is 27.1. The molecule has 0 bridgehead atoms. The van der Waals surface area contributed by atoms with Crippen LogP contribution in [0.2, 0.25) is 0 Å². The van der Waals surface area contributed by atoms with E-state index in [1.165, 1.54) is 0 Å². The maximum absolute atomic E-state index is 13.6. The molecule has 0 spiro atoms. The van der Waals surface area contributed by atoms with E-state index in [2.05, 4.69) is 31.1 Å². The number of rotatable bonds is 9. The van der Waals surface area contributed by atoms with E-state index in [9.17, 15) is 9.59 Å². The number of ether oxygens (including phenoxy) is 2. The van der Waals surface area contributed by atoms with Crippen LogP contribution in [0.4, 0.5) is 5.82 Å². The molecule has 1 atom stereocenters.